The van der Waals surface area contributed by atoms with E-state index >= 15 is 0 Å². The van der Waals surface area contributed by atoms with E-state index in [2.05, 4.69) is 19.1 Å². The molecule has 0 bridgehead atoms. The number of aryl methyl sites for hydroxylation is 1. The van der Waals surface area contributed by atoms with Crippen LogP contribution >= 0.6 is 22.9 Å². The van der Waals surface area contributed by atoms with E-state index in [-0.39, 0.29) is 0 Å². The number of ether oxygens (including phenoxy) is 1. The predicted octanol–water partition coefficient (Wildman–Crippen LogP) is 5.23. The maximum Gasteiger partial charge on any atom is 0.145 e. The van der Waals surface area contributed by atoms with Crippen molar-refractivity contribution in [2.75, 3.05) is 7.11 Å². The quantitative estimate of drug-likeness (QED) is 0.601. The van der Waals surface area contributed by atoms with Crippen LogP contribution < -0.4 is 4.74 Å². The summed E-state index contributed by atoms with van der Waals surface area (Å²) in [6.45, 7) is 2.33. The minimum absolute atomic E-state index is 0.331. The molecule has 3 aromatic rings. The van der Waals surface area contributed by atoms with Gasteiger partial charge in [0.25, 0.3) is 0 Å². The van der Waals surface area contributed by atoms with E-state index in [0.717, 1.165) is 40.6 Å². The fourth-order valence-electron chi connectivity index (χ4n) is 3.40. The molecule has 1 atom stereocenters. The Morgan fingerprint density at radius 2 is 2.04 bits per heavy atom. The van der Waals surface area contributed by atoms with Gasteiger partial charge in [0.1, 0.15) is 16.4 Å². The molecule has 0 aliphatic heterocycles. The average Bonchev–Trinajstić information content (AvgIpc) is 2.98. The third-order valence-electron chi connectivity index (χ3n) is 4.68. The molecule has 2 aromatic heterocycles. The van der Waals surface area contributed by atoms with Crippen molar-refractivity contribution >= 4 is 33.2 Å². The summed E-state index contributed by atoms with van der Waals surface area (Å²) in [7, 11) is 1.68. The number of methoxy groups -OCH3 is 1. The van der Waals surface area contributed by atoms with Gasteiger partial charge in [0.15, 0.2) is 0 Å². The Hall–Kier alpha value is -1.65. The molecule has 124 valence electrons. The van der Waals surface area contributed by atoms with E-state index in [0.29, 0.717) is 11.7 Å². The number of aromatic nitrogens is 2. The highest BCUT2D eigenvalue weighted by molar-refractivity contribution is 7.19. The first-order valence-electron chi connectivity index (χ1n) is 8.21. The molecule has 0 saturated carbocycles. The molecule has 0 spiro atoms. The molecule has 1 aliphatic carbocycles. The number of benzene rings is 1. The Bertz CT molecular complexity index is 889. The highest BCUT2D eigenvalue weighted by atomic mass is 35.5. The van der Waals surface area contributed by atoms with Gasteiger partial charge in [-0.05, 0) is 55.0 Å². The monoisotopic (exact) mass is 358 g/mol. The van der Waals surface area contributed by atoms with Gasteiger partial charge in [-0.3, -0.25) is 0 Å². The molecule has 3 nitrogen and oxygen atoms in total. The lowest BCUT2D eigenvalue weighted by Gasteiger charge is -2.18. The molecular weight excluding hydrogens is 340 g/mol. The van der Waals surface area contributed by atoms with E-state index in [9.17, 15) is 0 Å². The first-order valence-corrected chi connectivity index (χ1v) is 9.56. The minimum atomic E-state index is 0.331. The van der Waals surface area contributed by atoms with Crippen LogP contribution in [0.4, 0.5) is 0 Å². The number of thiophene rings is 1. The van der Waals surface area contributed by atoms with Crippen molar-refractivity contribution in [2.24, 2.45) is 5.92 Å². The van der Waals surface area contributed by atoms with Crippen molar-refractivity contribution in [3.63, 3.8) is 0 Å². The van der Waals surface area contributed by atoms with Gasteiger partial charge in [0, 0.05) is 15.8 Å². The van der Waals surface area contributed by atoms with Crippen molar-refractivity contribution in [2.45, 2.75) is 32.1 Å². The molecule has 0 fully saturated rings. The van der Waals surface area contributed by atoms with Crippen molar-refractivity contribution in [3.05, 3.63) is 40.5 Å². The van der Waals surface area contributed by atoms with Crippen LogP contribution in [0.1, 0.15) is 29.6 Å². The number of hydrogen-bond acceptors (Lipinski definition) is 4. The first-order chi connectivity index (χ1) is 11.7. The summed E-state index contributed by atoms with van der Waals surface area (Å²) in [6, 6.07) is 8.08. The molecule has 0 radical (unpaired) electrons. The normalized spacial score (nSPS) is 17.0. The van der Waals surface area contributed by atoms with Gasteiger partial charge in [-0.15, -0.1) is 22.9 Å². The van der Waals surface area contributed by atoms with E-state index in [4.69, 9.17) is 26.3 Å². The van der Waals surface area contributed by atoms with Crippen LogP contribution in [0.3, 0.4) is 0 Å². The number of alkyl halides is 1. The Balaban J connectivity index is 1.95. The molecule has 5 heteroatoms. The molecular formula is C19H19ClN2OS. The van der Waals surface area contributed by atoms with Crippen LogP contribution in [0.2, 0.25) is 0 Å². The maximum atomic E-state index is 6.04. The van der Waals surface area contributed by atoms with Gasteiger partial charge in [-0.25, -0.2) is 9.97 Å². The number of halogens is 1. The second kappa shape index (κ2) is 6.34. The Labute approximate surface area is 150 Å². The van der Waals surface area contributed by atoms with Crippen molar-refractivity contribution in [1.82, 2.24) is 9.97 Å². The molecule has 0 N–H and O–H groups in total. The van der Waals surface area contributed by atoms with Crippen molar-refractivity contribution in [1.29, 1.82) is 0 Å². The lowest BCUT2D eigenvalue weighted by Crippen LogP contribution is -2.08. The van der Waals surface area contributed by atoms with E-state index in [1.165, 1.54) is 22.2 Å². The summed E-state index contributed by atoms with van der Waals surface area (Å²) >= 11 is 7.86. The van der Waals surface area contributed by atoms with Gasteiger partial charge < -0.3 is 4.74 Å². The Morgan fingerprint density at radius 3 is 2.75 bits per heavy atom. The summed E-state index contributed by atoms with van der Waals surface area (Å²) in [5.74, 6) is 2.62. The summed E-state index contributed by atoms with van der Waals surface area (Å²) in [6.07, 6.45) is 3.50. The predicted molar refractivity (Wildman–Crippen MR) is 100 cm³/mol. The lowest BCUT2D eigenvalue weighted by molar-refractivity contribution is 0.415. The molecule has 0 saturated heterocycles. The minimum Gasteiger partial charge on any atom is -0.497 e. The zero-order valence-electron chi connectivity index (χ0n) is 13.8. The lowest BCUT2D eigenvalue weighted by atomic mass is 9.88. The summed E-state index contributed by atoms with van der Waals surface area (Å²) < 4.78 is 5.27. The van der Waals surface area contributed by atoms with Gasteiger partial charge in [0.2, 0.25) is 0 Å². The summed E-state index contributed by atoms with van der Waals surface area (Å²) in [5.41, 5.74) is 3.54. The number of hydrogen-bond donors (Lipinski definition) is 0. The smallest absolute Gasteiger partial charge is 0.145 e. The number of fused-ring (bicyclic) bond motifs is 3. The molecule has 1 unspecified atom stereocenters. The van der Waals surface area contributed by atoms with Gasteiger partial charge in [0.05, 0.1) is 18.7 Å². The summed E-state index contributed by atoms with van der Waals surface area (Å²) in [5, 5.41) is 1.22. The fourth-order valence-corrected chi connectivity index (χ4v) is 4.93. The largest absolute Gasteiger partial charge is 0.497 e. The maximum absolute atomic E-state index is 6.04. The van der Waals surface area contributed by atoms with Crippen LogP contribution in [0.25, 0.3) is 21.5 Å². The third kappa shape index (κ3) is 2.68. The second-order valence-corrected chi connectivity index (χ2v) is 7.73. The number of nitrogens with zero attached hydrogens (tertiary/aromatic N) is 2. The molecule has 4 rings (SSSR count). The Kier molecular flexibility index (Phi) is 4.19. The van der Waals surface area contributed by atoms with Crippen LogP contribution in [0.15, 0.2) is 24.3 Å². The summed E-state index contributed by atoms with van der Waals surface area (Å²) in [4.78, 5) is 12.0. The van der Waals surface area contributed by atoms with Gasteiger partial charge >= 0.3 is 0 Å². The van der Waals surface area contributed by atoms with Crippen LogP contribution in [-0.2, 0) is 18.7 Å². The van der Waals surface area contributed by atoms with E-state index in [1.807, 2.05) is 23.5 Å². The van der Waals surface area contributed by atoms with E-state index in [1.54, 1.807) is 7.11 Å². The first kappa shape index (κ1) is 15.9. The molecule has 0 amide bonds. The van der Waals surface area contributed by atoms with E-state index < -0.39 is 0 Å². The fraction of sp³-hybridized carbons (Fsp3) is 0.368. The topological polar surface area (TPSA) is 35.0 Å². The zero-order chi connectivity index (χ0) is 16.7. The van der Waals surface area contributed by atoms with Gasteiger partial charge in [-0.1, -0.05) is 6.92 Å². The highest BCUT2D eigenvalue weighted by Crippen LogP contribution is 2.41. The third-order valence-corrected chi connectivity index (χ3v) is 6.07. The Morgan fingerprint density at radius 1 is 1.25 bits per heavy atom. The van der Waals surface area contributed by atoms with Crippen molar-refractivity contribution < 1.29 is 4.74 Å². The number of rotatable bonds is 3. The molecule has 2 heterocycles. The second-order valence-electron chi connectivity index (χ2n) is 6.38. The van der Waals surface area contributed by atoms with Crippen molar-refractivity contribution in [3.8, 4) is 17.0 Å². The van der Waals surface area contributed by atoms with Crippen LogP contribution in [0.5, 0.6) is 5.75 Å². The molecule has 1 aromatic carbocycles. The SMILES string of the molecule is COc1ccc(-c2nc(CCl)nc3sc4c(c23)CCC(C)C4)cc1. The standard InChI is InChI=1S/C19H19ClN2OS/c1-11-3-8-14-15(9-11)24-19-17(14)18(21-16(10-20)22-19)12-4-6-13(23-2)7-5-12/h4-7,11H,3,8-10H2,1-2H3. The van der Waals surface area contributed by atoms with Crippen LogP contribution in [-0.4, -0.2) is 17.1 Å². The van der Waals surface area contributed by atoms with Crippen LogP contribution in [0, 0.1) is 5.92 Å². The van der Waals surface area contributed by atoms with Gasteiger partial charge in [-0.2, -0.15) is 0 Å². The molecule has 24 heavy (non-hydrogen) atoms. The zero-order valence-corrected chi connectivity index (χ0v) is 15.4. The average molecular weight is 359 g/mol. The molecule has 1 aliphatic rings. The highest BCUT2D eigenvalue weighted by Gasteiger charge is 2.24.